The molecule has 1 saturated heterocycles. The van der Waals surface area contributed by atoms with E-state index in [1.54, 1.807) is 0 Å². The van der Waals surface area contributed by atoms with Gasteiger partial charge in [-0.1, -0.05) is 6.07 Å². The zero-order valence-corrected chi connectivity index (χ0v) is 14.7. The number of carbonyl (C=O) groups is 1. The predicted molar refractivity (Wildman–Crippen MR) is 95.4 cm³/mol. The summed E-state index contributed by atoms with van der Waals surface area (Å²) in [4.78, 5) is 14.8. The Labute approximate surface area is 147 Å². The number of amides is 1. The molecule has 3 aromatic heterocycles. The maximum atomic E-state index is 12.8. The number of nitrogens with zero attached hydrogens (tertiary/aromatic N) is 5. The van der Waals surface area contributed by atoms with Gasteiger partial charge in [-0.3, -0.25) is 9.20 Å². The fourth-order valence-electron chi connectivity index (χ4n) is 3.74. The van der Waals surface area contributed by atoms with Crippen molar-refractivity contribution >= 4 is 11.6 Å². The van der Waals surface area contributed by atoms with E-state index in [2.05, 4.69) is 26.9 Å². The minimum Gasteiger partial charge on any atom is -0.340 e. The monoisotopic (exact) mass is 337 g/mol. The van der Waals surface area contributed by atoms with Crippen LogP contribution in [0.5, 0.6) is 0 Å². The number of hydrogen-bond acceptors (Lipinski definition) is 3. The van der Waals surface area contributed by atoms with Crippen molar-refractivity contribution in [3.05, 3.63) is 53.7 Å². The molecule has 1 fully saturated rings. The molecule has 1 aliphatic rings. The summed E-state index contributed by atoms with van der Waals surface area (Å²) in [5.74, 6) is 1.38. The molecule has 4 heterocycles. The predicted octanol–water partition coefficient (Wildman–Crippen LogP) is 2.55. The average Bonchev–Trinajstić information content (AvgIpc) is 3.20. The van der Waals surface area contributed by atoms with Crippen molar-refractivity contribution in [2.24, 2.45) is 0 Å². The first-order valence-corrected chi connectivity index (χ1v) is 8.83. The second-order valence-electron chi connectivity index (χ2n) is 6.87. The van der Waals surface area contributed by atoms with Gasteiger partial charge in [-0.2, -0.15) is 0 Å². The molecular formula is C19H23N5O. The summed E-state index contributed by atoms with van der Waals surface area (Å²) in [5, 5.41) is 8.64. The van der Waals surface area contributed by atoms with Crippen LogP contribution in [0.15, 0.2) is 36.5 Å². The van der Waals surface area contributed by atoms with Crippen LogP contribution in [-0.2, 0) is 11.3 Å². The van der Waals surface area contributed by atoms with E-state index < -0.39 is 0 Å². The van der Waals surface area contributed by atoms with Gasteiger partial charge >= 0.3 is 0 Å². The molecule has 6 heteroatoms. The molecule has 130 valence electrons. The number of hydrogen-bond donors (Lipinski definition) is 0. The molecule has 25 heavy (non-hydrogen) atoms. The number of rotatable bonds is 3. The highest BCUT2D eigenvalue weighted by Crippen LogP contribution is 2.26. The number of pyridine rings is 1. The molecule has 0 radical (unpaired) electrons. The van der Waals surface area contributed by atoms with E-state index in [1.165, 1.54) is 0 Å². The first-order chi connectivity index (χ1) is 12.1. The van der Waals surface area contributed by atoms with E-state index in [9.17, 15) is 4.79 Å². The van der Waals surface area contributed by atoms with Crippen LogP contribution in [0.25, 0.3) is 5.65 Å². The second-order valence-corrected chi connectivity index (χ2v) is 6.87. The Morgan fingerprint density at radius 2 is 1.96 bits per heavy atom. The SMILES string of the molecule is Cc1ccc(C)n1CC(=O)N1CCC[C@H](c2nnc3ccccn23)C1. The topological polar surface area (TPSA) is 55.4 Å². The first-order valence-electron chi connectivity index (χ1n) is 8.83. The quantitative estimate of drug-likeness (QED) is 0.738. The van der Waals surface area contributed by atoms with Crippen LogP contribution in [0.2, 0.25) is 0 Å². The zero-order chi connectivity index (χ0) is 17.4. The Morgan fingerprint density at radius 1 is 1.16 bits per heavy atom. The van der Waals surface area contributed by atoms with Crippen molar-refractivity contribution in [2.45, 2.75) is 39.2 Å². The van der Waals surface area contributed by atoms with Gasteiger partial charge in [0.1, 0.15) is 12.4 Å². The molecule has 0 N–H and O–H groups in total. The van der Waals surface area contributed by atoms with Crippen LogP contribution in [0.4, 0.5) is 0 Å². The van der Waals surface area contributed by atoms with Crippen molar-refractivity contribution < 1.29 is 4.79 Å². The standard InChI is InChI=1S/C19H23N5O/c1-14-8-9-15(2)24(14)13-18(25)22-10-5-6-16(12-22)19-21-20-17-7-3-4-11-23(17)19/h3-4,7-9,11,16H,5-6,10,12-13H2,1-2H3/t16-/m0/s1. The van der Waals surface area contributed by atoms with E-state index in [0.29, 0.717) is 13.1 Å². The van der Waals surface area contributed by atoms with Gasteiger partial charge in [0, 0.05) is 36.6 Å². The molecule has 6 nitrogen and oxygen atoms in total. The molecule has 3 aromatic rings. The molecule has 1 atom stereocenters. The number of likely N-dealkylation sites (tertiary alicyclic amines) is 1. The Morgan fingerprint density at radius 3 is 2.76 bits per heavy atom. The number of aromatic nitrogens is 4. The fraction of sp³-hybridized carbons (Fsp3) is 0.421. The maximum Gasteiger partial charge on any atom is 0.242 e. The summed E-state index contributed by atoms with van der Waals surface area (Å²) in [6, 6.07) is 10.0. The third-order valence-electron chi connectivity index (χ3n) is 5.19. The summed E-state index contributed by atoms with van der Waals surface area (Å²) < 4.78 is 4.12. The summed E-state index contributed by atoms with van der Waals surface area (Å²) >= 11 is 0. The first kappa shape index (κ1) is 15.9. The molecule has 0 unspecified atom stereocenters. The zero-order valence-electron chi connectivity index (χ0n) is 14.7. The number of carbonyl (C=O) groups excluding carboxylic acids is 1. The summed E-state index contributed by atoms with van der Waals surface area (Å²) in [5.41, 5.74) is 3.12. The van der Waals surface area contributed by atoms with Crippen molar-refractivity contribution in [3.63, 3.8) is 0 Å². The molecule has 1 aliphatic heterocycles. The number of piperidine rings is 1. The van der Waals surface area contributed by atoms with Crippen LogP contribution in [0, 0.1) is 13.8 Å². The lowest BCUT2D eigenvalue weighted by Crippen LogP contribution is -2.41. The smallest absolute Gasteiger partial charge is 0.242 e. The number of fused-ring (bicyclic) bond motifs is 1. The maximum absolute atomic E-state index is 12.8. The van der Waals surface area contributed by atoms with Crippen LogP contribution < -0.4 is 0 Å². The lowest BCUT2D eigenvalue weighted by atomic mass is 9.97. The molecule has 0 saturated carbocycles. The Kier molecular flexibility index (Phi) is 4.03. The van der Waals surface area contributed by atoms with E-state index in [1.807, 2.05) is 47.5 Å². The molecule has 0 bridgehead atoms. The van der Waals surface area contributed by atoms with E-state index >= 15 is 0 Å². The second kappa shape index (κ2) is 6.35. The van der Waals surface area contributed by atoms with Crippen molar-refractivity contribution in [1.29, 1.82) is 0 Å². The van der Waals surface area contributed by atoms with Crippen molar-refractivity contribution in [2.75, 3.05) is 13.1 Å². The third kappa shape index (κ3) is 2.92. The van der Waals surface area contributed by atoms with Crippen LogP contribution in [0.1, 0.15) is 36.0 Å². The van der Waals surface area contributed by atoms with Gasteiger partial charge in [-0.25, -0.2) is 0 Å². The summed E-state index contributed by atoms with van der Waals surface area (Å²) in [7, 11) is 0. The van der Waals surface area contributed by atoms with Gasteiger partial charge < -0.3 is 9.47 Å². The summed E-state index contributed by atoms with van der Waals surface area (Å²) in [6.07, 6.45) is 4.04. The van der Waals surface area contributed by atoms with Gasteiger partial charge in [-0.05, 0) is 51.0 Å². The molecule has 1 amide bonds. The van der Waals surface area contributed by atoms with Crippen LogP contribution in [-0.4, -0.2) is 43.1 Å². The normalized spacial score (nSPS) is 18.0. The average molecular weight is 337 g/mol. The van der Waals surface area contributed by atoms with Crippen molar-refractivity contribution in [3.8, 4) is 0 Å². The van der Waals surface area contributed by atoms with Crippen LogP contribution >= 0.6 is 0 Å². The molecule has 0 aromatic carbocycles. The lowest BCUT2D eigenvalue weighted by Gasteiger charge is -2.32. The molecule has 0 aliphatic carbocycles. The van der Waals surface area contributed by atoms with E-state index in [-0.39, 0.29) is 11.8 Å². The van der Waals surface area contributed by atoms with E-state index in [4.69, 9.17) is 0 Å². The highest BCUT2D eigenvalue weighted by Gasteiger charge is 2.28. The largest absolute Gasteiger partial charge is 0.340 e. The Bertz CT molecular complexity index is 890. The number of aryl methyl sites for hydroxylation is 2. The Balaban J connectivity index is 1.52. The molecular weight excluding hydrogens is 314 g/mol. The minimum absolute atomic E-state index is 0.181. The van der Waals surface area contributed by atoms with Gasteiger partial charge in [0.05, 0.1) is 0 Å². The van der Waals surface area contributed by atoms with Gasteiger partial charge in [0.25, 0.3) is 0 Å². The highest BCUT2D eigenvalue weighted by molar-refractivity contribution is 5.76. The highest BCUT2D eigenvalue weighted by atomic mass is 16.2. The van der Waals surface area contributed by atoms with Gasteiger partial charge in [0.2, 0.25) is 5.91 Å². The van der Waals surface area contributed by atoms with Gasteiger partial charge in [0.15, 0.2) is 5.65 Å². The molecule has 4 rings (SSSR count). The van der Waals surface area contributed by atoms with Crippen LogP contribution in [0.3, 0.4) is 0 Å². The summed E-state index contributed by atoms with van der Waals surface area (Å²) in [6.45, 7) is 6.04. The Hall–Kier alpha value is -2.63. The minimum atomic E-state index is 0.181. The lowest BCUT2D eigenvalue weighted by molar-refractivity contribution is -0.133. The van der Waals surface area contributed by atoms with E-state index in [0.717, 1.165) is 42.2 Å². The van der Waals surface area contributed by atoms with Gasteiger partial charge in [-0.15, -0.1) is 10.2 Å². The third-order valence-corrected chi connectivity index (χ3v) is 5.19. The van der Waals surface area contributed by atoms with Crippen molar-refractivity contribution in [1.82, 2.24) is 24.1 Å². The molecule has 0 spiro atoms. The fourth-order valence-corrected chi connectivity index (χ4v) is 3.74.